The number of nitrogens with two attached hydrogens (primary N) is 1. The second kappa shape index (κ2) is 5.94. The molecule has 0 unspecified atom stereocenters. The summed E-state index contributed by atoms with van der Waals surface area (Å²) in [6.07, 6.45) is 4.11. The highest BCUT2D eigenvalue weighted by Crippen LogP contribution is 2.30. The molecule has 6 nitrogen and oxygen atoms in total. The van der Waals surface area contributed by atoms with Gasteiger partial charge >= 0.3 is 0 Å². The predicted octanol–water partition coefficient (Wildman–Crippen LogP) is 2.11. The average Bonchev–Trinajstić information content (AvgIpc) is 2.70. The van der Waals surface area contributed by atoms with Crippen LogP contribution in [0.3, 0.4) is 0 Å². The lowest BCUT2D eigenvalue weighted by molar-refractivity contribution is 0.549. The van der Waals surface area contributed by atoms with Crippen molar-refractivity contribution in [2.75, 3.05) is 5.43 Å². The number of nitrogen functional groups attached to an aromatic ring is 1. The molecule has 0 spiro atoms. The van der Waals surface area contributed by atoms with Crippen LogP contribution in [0.1, 0.15) is 25.1 Å². The summed E-state index contributed by atoms with van der Waals surface area (Å²) in [6, 6.07) is 0.754. The summed E-state index contributed by atoms with van der Waals surface area (Å²) in [5, 5.41) is 8.79. The minimum Gasteiger partial charge on any atom is -0.306 e. The number of fused-ring (bicyclic) bond motifs is 1. The van der Waals surface area contributed by atoms with Gasteiger partial charge in [-0.05, 0) is 24.6 Å². The van der Waals surface area contributed by atoms with Crippen molar-refractivity contribution in [1.82, 2.24) is 19.7 Å². The fourth-order valence-corrected chi connectivity index (χ4v) is 3.10. The molecule has 0 amide bonds. The van der Waals surface area contributed by atoms with Crippen LogP contribution in [0.15, 0.2) is 16.2 Å². The molecule has 0 fully saturated rings. The van der Waals surface area contributed by atoms with E-state index in [0.717, 1.165) is 55.9 Å². The fourth-order valence-electron chi connectivity index (χ4n) is 2.24. The summed E-state index contributed by atoms with van der Waals surface area (Å²) < 4.78 is 29.1. The molecule has 0 aliphatic carbocycles. The van der Waals surface area contributed by atoms with E-state index in [1.807, 2.05) is 4.57 Å². The van der Waals surface area contributed by atoms with Crippen LogP contribution in [0.4, 0.5) is 14.6 Å². The molecule has 0 saturated carbocycles. The summed E-state index contributed by atoms with van der Waals surface area (Å²) in [5.74, 6) is 4.27. The molecule has 0 bridgehead atoms. The third kappa shape index (κ3) is 2.84. The van der Waals surface area contributed by atoms with E-state index in [-0.39, 0.29) is 10.8 Å². The van der Waals surface area contributed by atoms with Gasteiger partial charge in [0, 0.05) is 19.0 Å². The van der Waals surface area contributed by atoms with E-state index >= 15 is 0 Å². The molecule has 3 N–H and O–H groups in total. The van der Waals surface area contributed by atoms with Gasteiger partial charge in [0.1, 0.15) is 10.9 Å². The van der Waals surface area contributed by atoms with Gasteiger partial charge in [-0.2, -0.15) is 0 Å². The Balaban J connectivity index is 1.92. The summed E-state index contributed by atoms with van der Waals surface area (Å²) in [7, 11) is 0. The third-order valence-corrected chi connectivity index (χ3v) is 4.26. The average molecular weight is 312 g/mol. The Morgan fingerprint density at radius 1 is 1.19 bits per heavy atom. The van der Waals surface area contributed by atoms with E-state index in [4.69, 9.17) is 5.84 Å². The number of pyridine rings is 1. The summed E-state index contributed by atoms with van der Waals surface area (Å²) >= 11 is 1.02. The smallest absolute Gasteiger partial charge is 0.197 e. The monoisotopic (exact) mass is 312 g/mol. The molecular weight excluding hydrogens is 298 g/mol. The molecule has 0 radical (unpaired) electrons. The number of hydrogen-bond acceptors (Lipinski definition) is 6. The number of aryl methyl sites for hydroxylation is 1. The van der Waals surface area contributed by atoms with Gasteiger partial charge in [0.25, 0.3) is 0 Å². The highest BCUT2D eigenvalue weighted by Gasteiger charge is 2.19. The summed E-state index contributed by atoms with van der Waals surface area (Å²) in [5.41, 5.74) is 2.11. The zero-order valence-electron chi connectivity index (χ0n) is 11.1. The number of hydrazine groups is 1. The Morgan fingerprint density at radius 3 is 2.86 bits per heavy atom. The Morgan fingerprint density at radius 2 is 2.05 bits per heavy atom. The number of anilines is 1. The largest absolute Gasteiger partial charge is 0.306 e. The minimum atomic E-state index is -0.834. The van der Waals surface area contributed by atoms with Crippen molar-refractivity contribution in [3.8, 4) is 0 Å². The van der Waals surface area contributed by atoms with Crippen molar-refractivity contribution < 1.29 is 8.78 Å². The van der Waals surface area contributed by atoms with E-state index in [9.17, 15) is 8.78 Å². The third-order valence-electron chi connectivity index (χ3n) is 3.30. The quantitative estimate of drug-likeness (QED) is 0.667. The first-order chi connectivity index (χ1) is 10.2. The van der Waals surface area contributed by atoms with Gasteiger partial charge in [-0.15, -0.1) is 10.2 Å². The Bertz CT molecular complexity index is 659. The second-order valence-corrected chi connectivity index (χ2v) is 5.67. The van der Waals surface area contributed by atoms with Crippen LogP contribution >= 0.6 is 11.8 Å². The molecule has 0 saturated heterocycles. The van der Waals surface area contributed by atoms with Gasteiger partial charge in [-0.3, -0.25) is 0 Å². The normalized spacial score (nSPS) is 14.6. The molecule has 1 aliphatic rings. The second-order valence-electron chi connectivity index (χ2n) is 4.71. The van der Waals surface area contributed by atoms with Crippen molar-refractivity contribution >= 4 is 17.6 Å². The number of rotatable bonds is 3. The molecule has 2 aromatic rings. The molecule has 9 heteroatoms. The molecule has 1 aliphatic heterocycles. The zero-order chi connectivity index (χ0) is 14.8. The first-order valence-corrected chi connectivity index (χ1v) is 7.43. The SMILES string of the molecule is NNc1nc(Sc2nnc3n2CCCCC3)c(F)cc1F. The van der Waals surface area contributed by atoms with Crippen molar-refractivity contribution in [1.29, 1.82) is 0 Å². The van der Waals surface area contributed by atoms with Crippen molar-refractivity contribution in [2.24, 2.45) is 5.84 Å². The van der Waals surface area contributed by atoms with Crippen molar-refractivity contribution in [3.05, 3.63) is 23.5 Å². The number of nitrogens with zero attached hydrogens (tertiary/aromatic N) is 4. The highest BCUT2D eigenvalue weighted by atomic mass is 32.2. The highest BCUT2D eigenvalue weighted by molar-refractivity contribution is 7.99. The van der Waals surface area contributed by atoms with Crippen LogP contribution in [0.5, 0.6) is 0 Å². The van der Waals surface area contributed by atoms with Crippen LogP contribution in [-0.2, 0) is 13.0 Å². The molecule has 3 rings (SSSR count). The number of aromatic nitrogens is 4. The predicted molar refractivity (Wildman–Crippen MR) is 73.7 cm³/mol. The van der Waals surface area contributed by atoms with E-state index in [1.165, 1.54) is 0 Å². The van der Waals surface area contributed by atoms with E-state index < -0.39 is 11.6 Å². The lowest BCUT2D eigenvalue weighted by atomic mass is 10.2. The molecule has 0 aromatic carbocycles. The molecule has 0 atom stereocenters. The van der Waals surface area contributed by atoms with Gasteiger partial charge in [-0.1, -0.05) is 6.42 Å². The minimum absolute atomic E-state index is 0.0174. The fraction of sp³-hybridized carbons (Fsp3) is 0.417. The molecule has 21 heavy (non-hydrogen) atoms. The Labute approximate surface area is 124 Å². The molecule has 112 valence electrons. The van der Waals surface area contributed by atoms with Crippen LogP contribution in [0.25, 0.3) is 0 Å². The van der Waals surface area contributed by atoms with E-state index in [0.29, 0.717) is 5.16 Å². The first kappa shape index (κ1) is 14.2. The standard InChI is InChI=1S/C12H14F2N6S/c13-7-6-8(14)11(16-10(7)17-15)21-12-19-18-9-4-2-1-3-5-20(9)12/h6H,1-5,15H2,(H,16,17). The number of nitrogens with one attached hydrogen (secondary N) is 1. The summed E-state index contributed by atoms with van der Waals surface area (Å²) in [4.78, 5) is 3.83. The maximum Gasteiger partial charge on any atom is 0.197 e. The summed E-state index contributed by atoms with van der Waals surface area (Å²) in [6.45, 7) is 0.801. The number of halogens is 2. The van der Waals surface area contributed by atoms with Gasteiger partial charge in [-0.25, -0.2) is 19.6 Å². The maximum atomic E-state index is 13.8. The first-order valence-electron chi connectivity index (χ1n) is 6.61. The Hall–Kier alpha value is -1.74. The topological polar surface area (TPSA) is 81.7 Å². The van der Waals surface area contributed by atoms with Gasteiger partial charge in [0.05, 0.1) is 0 Å². The maximum absolute atomic E-state index is 13.8. The van der Waals surface area contributed by atoms with E-state index in [1.54, 1.807) is 0 Å². The van der Waals surface area contributed by atoms with Gasteiger partial charge in [0.15, 0.2) is 22.6 Å². The van der Waals surface area contributed by atoms with E-state index in [2.05, 4.69) is 20.6 Å². The molecular formula is C12H14F2N6S. The molecule has 3 heterocycles. The van der Waals surface area contributed by atoms with Crippen LogP contribution in [-0.4, -0.2) is 19.7 Å². The molecule has 2 aromatic heterocycles. The van der Waals surface area contributed by atoms with Crippen LogP contribution in [0, 0.1) is 11.6 Å². The number of hydrogen-bond donors (Lipinski definition) is 2. The van der Waals surface area contributed by atoms with Gasteiger partial charge in [0.2, 0.25) is 0 Å². The zero-order valence-corrected chi connectivity index (χ0v) is 12.0. The Kier molecular flexibility index (Phi) is 4.02. The van der Waals surface area contributed by atoms with Crippen LogP contribution in [0.2, 0.25) is 0 Å². The van der Waals surface area contributed by atoms with Crippen molar-refractivity contribution in [2.45, 2.75) is 42.4 Å². The lowest BCUT2D eigenvalue weighted by Gasteiger charge is -2.08. The lowest BCUT2D eigenvalue weighted by Crippen LogP contribution is -2.11. The van der Waals surface area contributed by atoms with Gasteiger partial charge < -0.3 is 9.99 Å². The van der Waals surface area contributed by atoms with Crippen LogP contribution < -0.4 is 11.3 Å². The van der Waals surface area contributed by atoms with Crippen molar-refractivity contribution in [3.63, 3.8) is 0 Å².